The first kappa shape index (κ1) is 23.7. The highest BCUT2D eigenvalue weighted by Crippen LogP contribution is 2.43. The first-order valence-corrected chi connectivity index (χ1v) is 13.0. The van der Waals surface area contributed by atoms with Gasteiger partial charge in [-0.3, -0.25) is 9.59 Å². The van der Waals surface area contributed by atoms with Crippen molar-refractivity contribution in [3.63, 3.8) is 0 Å². The summed E-state index contributed by atoms with van der Waals surface area (Å²) in [7, 11) is 0. The summed E-state index contributed by atoms with van der Waals surface area (Å²) >= 11 is 0. The van der Waals surface area contributed by atoms with Gasteiger partial charge in [0.2, 0.25) is 5.91 Å². The minimum Gasteiger partial charge on any atom is -0.357 e. The van der Waals surface area contributed by atoms with Crippen LogP contribution in [-0.4, -0.2) is 42.3 Å². The lowest BCUT2D eigenvalue weighted by atomic mass is 9.74. The molecule has 0 radical (unpaired) electrons. The Balaban J connectivity index is 1.31. The van der Waals surface area contributed by atoms with Crippen LogP contribution in [0.2, 0.25) is 0 Å². The third kappa shape index (κ3) is 5.00. The Bertz CT molecular complexity index is 1130. The Morgan fingerprint density at radius 3 is 2.43 bits per heavy atom. The van der Waals surface area contributed by atoms with E-state index in [9.17, 15) is 9.59 Å². The molecule has 0 bridgehead atoms. The molecule has 3 aliphatic rings. The van der Waals surface area contributed by atoms with Crippen molar-refractivity contribution in [2.45, 2.75) is 58.9 Å². The van der Waals surface area contributed by atoms with E-state index in [1.54, 1.807) is 0 Å². The number of ketones is 1. The number of hydrogen-bond donors (Lipinski definition) is 1. The number of para-hydroxylation sites is 2. The summed E-state index contributed by atoms with van der Waals surface area (Å²) in [6, 6.07) is 18.6. The summed E-state index contributed by atoms with van der Waals surface area (Å²) in [4.78, 5) is 30.9. The highest BCUT2D eigenvalue weighted by molar-refractivity contribution is 6.01. The lowest BCUT2D eigenvalue weighted by Crippen LogP contribution is -2.48. The minimum atomic E-state index is -0.149. The fraction of sp³-hybridized carbons (Fsp3) is 0.467. The molecule has 1 aliphatic carbocycles. The van der Waals surface area contributed by atoms with E-state index in [1.807, 2.05) is 17.0 Å². The molecule has 5 rings (SSSR count). The summed E-state index contributed by atoms with van der Waals surface area (Å²) in [5.74, 6) is 0.972. The minimum absolute atomic E-state index is 0.0628. The maximum atomic E-state index is 13.5. The van der Waals surface area contributed by atoms with E-state index in [-0.39, 0.29) is 29.7 Å². The molecule has 2 aromatic rings. The smallest absolute Gasteiger partial charge is 0.242 e. The van der Waals surface area contributed by atoms with Gasteiger partial charge < -0.3 is 15.1 Å². The number of piperidine rings is 1. The molecule has 0 aromatic heterocycles. The number of fused-ring (bicyclic) bond motifs is 1. The zero-order chi connectivity index (χ0) is 24.6. The average Bonchev–Trinajstić information content (AvgIpc) is 2.93. The van der Waals surface area contributed by atoms with E-state index in [4.69, 9.17) is 0 Å². The van der Waals surface area contributed by atoms with Gasteiger partial charge in [-0.2, -0.15) is 0 Å². The van der Waals surface area contributed by atoms with Crippen molar-refractivity contribution in [2.24, 2.45) is 11.3 Å². The van der Waals surface area contributed by atoms with Gasteiger partial charge in [-0.25, -0.2) is 0 Å². The number of nitrogens with zero attached hydrogens (tertiary/aromatic N) is 2. The molecule has 1 atom stereocenters. The van der Waals surface area contributed by atoms with Gasteiger partial charge in [0.05, 0.1) is 24.0 Å². The molecule has 2 heterocycles. The molecule has 1 amide bonds. The van der Waals surface area contributed by atoms with Gasteiger partial charge in [0, 0.05) is 30.8 Å². The van der Waals surface area contributed by atoms with E-state index >= 15 is 0 Å². The molecule has 0 spiro atoms. The zero-order valence-corrected chi connectivity index (χ0v) is 21.2. The van der Waals surface area contributed by atoms with Crippen molar-refractivity contribution >= 4 is 23.1 Å². The average molecular weight is 472 g/mol. The van der Waals surface area contributed by atoms with Crippen LogP contribution in [0.4, 0.5) is 11.4 Å². The quantitative estimate of drug-likeness (QED) is 0.646. The largest absolute Gasteiger partial charge is 0.357 e. The zero-order valence-electron chi connectivity index (χ0n) is 21.2. The van der Waals surface area contributed by atoms with Gasteiger partial charge in [-0.05, 0) is 61.6 Å². The van der Waals surface area contributed by atoms with Crippen molar-refractivity contribution < 1.29 is 9.59 Å². The normalized spacial score (nSPS) is 22.3. The Hall–Kier alpha value is -3.08. The van der Waals surface area contributed by atoms with Crippen LogP contribution in [0.25, 0.3) is 0 Å². The van der Waals surface area contributed by atoms with E-state index in [2.05, 4.69) is 73.5 Å². The third-order valence-corrected chi connectivity index (χ3v) is 7.94. The summed E-state index contributed by atoms with van der Waals surface area (Å²) in [6.45, 7) is 8.28. The summed E-state index contributed by atoms with van der Waals surface area (Å²) < 4.78 is 0. The maximum Gasteiger partial charge on any atom is 0.242 e. The fourth-order valence-electron chi connectivity index (χ4n) is 6.09. The number of nitrogens with one attached hydrogen (secondary N) is 1. The number of carbonyl (C=O) groups excluding carboxylic acids is 2. The number of rotatable bonds is 4. The van der Waals surface area contributed by atoms with Gasteiger partial charge in [-0.1, -0.05) is 56.3 Å². The molecule has 1 N–H and O–H groups in total. The van der Waals surface area contributed by atoms with Crippen LogP contribution in [0.3, 0.4) is 0 Å². The highest BCUT2D eigenvalue weighted by atomic mass is 16.2. The highest BCUT2D eigenvalue weighted by Gasteiger charge is 2.39. The number of carbonyl (C=O) groups is 2. The predicted molar refractivity (Wildman–Crippen MR) is 141 cm³/mol. The maximum absolute atomic E-state index is 13.5. The summed E-state index contributed by atoms with van der Waals surface area (Å²) in [6.07, 6.45) is 4.54. The van der Waals surface area contributed by atoms with E-state index in [0.29, 0.717) is 12.3 Å². The number of amides is 1. The van der Waals surface area contributed by atoms with Crippen molar-refractivity contribution in [1.29, 1.82) is 0 Å². The molecule has 2 aromatic carbocycles. The van der Waals surface area contributed by atoms with Crippen LogP contribution in [0, 0.1) is 11.3 Å². The van der Waals surface area contributed by atoms with Gasteiger partial charge >= 0.3 is 0 Å². The molecule has 1 saturated heterocycles. The fourth-order valence-corrected chi connectivity index (χ4v) is 6.09. The monoisotopic (exact) mass is 471 g/mol. The van der Waals surface area contributed by atoms with E-state index in [1.165, 1.54) is 5.56 Å². The lowest BCUT2D eigenvalue weighted by Gasteiger charge is -2.38. The second kappa shape index (κ2) is 9.52. The second-order valence-corrected chi connectivity index (χ2v) is 11.3. The topological polar surface area (TPSA) is 52.7 Å². The van der Waals surface area contributed by atoms with Crippen LogP contribution in [0.1, 0.15) is 52.0 Å². The van der Waals surface area contributed by atoms with Crippen LogP contribution in [0.5, 0.6) is 0 Å². The summed E-state index contributed by atoms with van der Waals surface area (Å²) in [5, 5.41) is 3.58. The molecule has 0 unspecified atom stereocenters. The number of Topliss-reactive ketones (excluding diaryl/α,β-unsaturated/α-hetero) is 1. The number of likely N-dealkylation sites (tertiary alicyclic amines) is 1. The molecule has 184 valence electrons. The molecule has 2 aliphatic heterocycles. The number of anilines is 2. The third-order valence-electron chi connectivity index (χ3n) is 7.94. The van der Waals surface area contributed by atoms with E-state index < -0.39 is 0 Å². The molecule has 0 saturated carbocycles. The molecule has 35 heavy (non-hydrogen) atoms. The molecular formula is C30H37N3O2. The number of benzene rings is 2. The number of allylic oxidation sites excluding steroid dienone is 1. The standard InChI is InChI=1S/C30H37N3O2/c1-21-29-25(18-30(2,3)19-27(29)34)31-24-11-7-8-12-26(24)33(21)20-28(35)32-15-13-23(14-16-32)17-22-9-5-4-6-10-22/h4-12,21,23,31H,13-20H2,1-3H3/t21-/m0/s1. The van der Waals surface area contributed by atoms with Gasteiger partial charge in [-0.15, -0.1) is 0 Å². The Kier molecular flexibility index (Phi) is 6.43. The van der Waals surface area contributed by atoms with Crippen LogP contribution < -0.4 is 10.2 Å². The van der Waals surface area contributed by atoms with Crippen LogP contribution >= 0.6 is 0 Å². The SMILES string of the molecule is C[C@H]1C2=C(CC(C)(C)CC2=O)Nc2ccccc2N1CC(=O)N1CCC(Cc2ccccc2)CC1. The van der Waals surface area contributed by atoms with Crippen molar-refractivity contribution in [3.05, 3.63) is 71.4 Å². The first-order valence-electron chi connectivity index (χ1n) is 13.0. The Morgan fingerprint density at radius 2 is 1.69 bits per heavy atom. The van der Waals surface area contributed by atoms with Gasteiger partial charge in [0.15, 0.2) is 5.78 Å². The van der Waals surface area contributed by atoms with Crippen LogP contribution in [-0.2, 0) is 16.0 Å². The molecular weight excluding hydrogens is 434 g/mol. The second-order valence-electron chi connectivity index (χ2n) is 11.3. The first-order chi connectivity index (χ1) is 16.8. The molecule has 1 fully saturated rings. The summed E-state index contributed by atoms with van der Waals surface area (Å²) in [5.41, 5.74) is 5.14. The number of hydrogen-bond acceptors (Lipinski definition) is 4. The Morgan fingerprint density at radius 1 is 1.00 bits per heavy atom. The molecule has 5 heteroatoms. The van der Waals surface area contributed by atoms with Gasteiger partial charge in [0.25, 0.3) is 0 Å². The van der Waals surface area contributed by atoms with Crippen molar-refractivity contribution in [1.82, 2.24) is 4.90 Å². The van der Waals surface area contributed by atoms with E-state index in [0.717, 1.165) is 61.4 Å². The van der Waals surface area contributed by atoms with Crippen LogP contribution in [0.15, 0.2) is 65.9 Å². The molecule has 5 nitrogen and oxygen atoms in total. The van der Waals surface area contributed by atoms with Gasteiger partial charge in [0.1, 0.15) is 0 Å². The lowest BCUT2D eigenvalue weighted by molar-refractivity contribution is -0.131. The Labute approximate surface area is 209 Å². The predicted octanol–water partition coefficient (Wildman–Crippen LogP) is 5.43. The van der Waals surface area contributed by atoms with Crippen molar-refractivity contribution in [2.75, 3.05) is 29.9 Å². The van der Waals surface area contributed by atoms with Crippen molar-refractivity contribution in [3.8, 4) is 0 Å².